The van der Waals surface area contributed by atoms with Crippen molar-refractivity contribution >= 4 is 0 Å². The van der Waals surface area contributed by atoms with E-state index in [2.05, 4.69) is 41.4 Å². The highest BCUT2D eigenvalue weighted by Gasteiger charge is 2.37. The van der Waals surface area contributed by atoms with E-state index in [0.29, 0.717) is 5.88 Å². The van der Waals surface area contributed by atoms with Crippen LogP contribution in [-0.2, 0) is 6.42 Å². The third-order valence-electron chi connectivity index (χ3n) is 3.91. The average molecular weight is 253 g/mol. The maximum Gasteiger partial charge on any atom is 0.213 e. The number of pyridine rings is 1. The number of methoxy groups -OCH3 is 1. The van der Waals surface area contributed by atoms with Gasteiger partial charge in [0.2, 0.25) is 5.88 Å². The lowest BCUT2D eigenvalue weighted by molar-refractivity contribution is 0.396. The summed E-state index contributed by atoms with van der Waals surface area (Å²) in [6, 6.07) is 16.8. The van der Waals surface area contributed by atoms with Gasteiger partial charge < -0.3 is 4.74 Å². The predicted octanol–water partition coefficient (Wildman–Crippen LogP) is 3.83. The minimum absolute atomic E-state index is 0.716. The van der Waals surface area contributed by atoms with Crippen LogP contribution >= 0.6 is 0 Å². The first-order valence-corrected chi connectivity index (χ1v) is 6.91. The molecule has 1 aliphatic carbocycles. The summed E-state index contributed by atoms with van der Waals surface area (Å²) in [5.74, 6) is 2.31. The van der Waals surface area contributed by atoms with Crippen molar-refractivity contribution in [2.24, 2.45) is 5.92 Å². The Bertz CT molecular complexity index is 538. The molecule has 3 rings (SSSR count). The second kappa shape index (κ2) is 5.43. The highest BCUT2D eigenvalue weighted by Crippen LogP contribution is 2.49. The zero-order valence-corrected chi connectivity index (χ0v) is 11.3. The summed E-state index contributed by atoms with van der Waals surface area (Å²) >= 11 is 0. The fourth-order valence-electron chi connectivity index (χ4n) is 2.72. The standard InChI is InChI=1S/C17H19NO/c1-19-17-9-5-8-15(18-17)11-10-14-12-16(14)13-6-3-2-4-7-13/h2-9,14,16H,10-12H2,1H3/t14-,16?/m0/s1. The number of nitrogens with zero attached hydrogens (tertiary/aromatic N) is 1. The van der Waals surface area contributed by atoms with E-state index >= 15 is 0 Å². The van der Waals surface area contributed by atoms with Gasteiger partial charge in [0.1, 0.15) is 0 Å². The molecule has 0 bridgehead atoms. The zero-order valence-electron chi connectivity index (χ0n) is 11.3. The fraction of sp³-hybridized carbons (Fsp3) is 0.353. The molecular formula is C17H19NO. The lowest BCUT2D eigenvalue weighted by Crippen LogP contribution is -1.95. The van der Waals surface area contributed by atoms with E-state index in [9.17, 15) is 0 Å². The molecule has 0 amide bonds. The smallest absolute Gasteiger partial charge is 0.213 e. The van der Waals surface area contributed by atoms with Gasteiger partial charge >= 0.3 is 0 Å². The molecule has 1 aromatic carbocycles. The van der Waals surface area contributed by atoms with Gasteiger partial charge in [-0.1, -0.05) is 36.4 Å². The van der Waals surface area contributed by atoms with Crippen molar-refractivity contribution in [2.45, 2.75) is 25.2 Å². The van der Waals surface area contributed by atoms with E-state index in [1.165, 1.54) is 18.4 Å². The molecule has 1 fully saturated rings. The summed E-state index contributed by atoms with van der Waals surface area (Å²) < 4.78 is 5.16. The molecule has 2 aromatic rings. The van der Waals surface area contributed by atoms with Crippen LogP contribution < -0.4 is 4.74 Å². The Balaban J connectivity index is 1.54. The number of ether oxygens (including phenoxy) is 1. The summed E-state index contributed by atoms with van der Waals surface area (Å²) in [6.07, 6.45) is 3.60. The van der Waals surface area contributed by atoms with Crippen molar-refractivity contribution < 1.29 is 4.74 Å². The van der Waals surface area contributed by atoms with Gasteiger partial charge in [-0.15, -0.1) is 0 Å². The second-order valence-electron chi connectivity index (χ2n) is 5.22. The van der Waals surface area contributed by atoms with Gasteiger partial charge in [-0.2, -0.15) is 0 Å². The molecule has 0 spiro atoms. The highest BCUT2D eigenvalue weighted by molar-refractivity contribution is 5.25. The maximum atomic E-state index is 5.16. The first-order valence-electron chi connectivity index (χ1n) is 6.91. The molecule has 19 heavy (non-hydrogen) atoms. The van der Waals surface area contributed by atoms with Gasteiger partial charge in [-0.25, -0.2) is 4.98 Å². The molecule has 1 aromatic heterocycles. The van der Waals surface area contributed by atoms with Crippen LogP contribution in [0.4, 0.5) is 0 Å². The molecule has 2 heteroatoms. The minimum Gasteiger partial charge on any atom is -0.481 e. The quantitative estimate of drug-likeness (QED) is 0.808. The Morgan fingerprint density at radius 1 is 1.11 bits per heavy atom. The third-order valence-corrected chi connectivity index (χ3v) is 3.91. The van der Waals surface area contributed by atoms with Gasteiger partial charge in [-0.3, -0.25) is 0 Å². The summed E-state index contributed by atoms with van der Waals surface area (Å²) in [6.45, 7) is 0. The van der Waals surface area contributed by atoms with Crippen LogP contribution in [0.1, 0.15) is 30.0 Å². The lowest BCUT2D eigenvalue weighted by atomic mass is 10.1. The number of hydrogen-bond acceptors (Lipinski definition) is 2. The van der Waals surface area contributed by atoms with Gasteiger partial charge in [0.05, 0.1) is 7.11 Å². The predicted molar refractivity (Wildman–Crippen MR) is 76.4 cm³/mol. The SMILES string of the molecule is COc1cccc(CC[C@H]2CC2c2ccccc2)n1. The Morgan fingerprint density at radius 2 is 1.95 bits per heavy atom. The zero-order chi connectivity index (χ0) is 13.1. The van der Waals surface area contributed by atoms with E-state index in [1.54, 1.807) is 7.11 Å². The molecule has 1 heterocycles. The Labute approximate surface area is 114 Å². The topological polar surface area (TPSA) is 22.1 Å². The number of rotatable bonds is 5. The van der Waals surface area contributed by atoms with Crippen LogP contribution in [0.25, 0.3) is 0 Å². The van der Waals surface area contributed by atoms with E-state index in [4.69, 9.17) is 4.74 Å². The molecule has 2 nitrogen and oxygen atoms in total. The van der Waals surface area contributed by atoms with Crippen LogP contribution in [0.5, 0.6) is 5.88 Å². The monoisotopic (exact) mass is 253 g/mol. The van der Waals surface area contributed by atoms with E-state index < -0.39 is 0 Å². The van der Waals surface area contributed by atoms with Gasteiger partial charge in [-0.05, 0) is 42.7 Å². The average Bonchev–Trinajstić information content (AvgIpc) is 3.26. The summed E-state index contributed by atoms with van der Waals surface area (Å²) in [5, 5.41) is 0. The Morgan fingerprint density at radius 3 is 2.74 bits per heavy atom. The van der Waals surface area contributed by atoms with Crippen molar-refractivity contribution in [1.82, 2.24) is 4.98 Å². The van der Waals surface area contributed by atoms with Gasteiger partial charge in [0, 0.05) is 11.8 Å². The highest BCUT2D eigenvalue weighted by atomic mass is 16.5. The largest absolute Gasteiger partial charge is 0.481 e. The molecule has 0 radical (unpaired) electrons. The second-order valence-corrected chi connectivity index (χ2v) is 5.22. The first kappa shape index (κ1) is 12.2. The number of aromatic nitrogens is 1. The molecular weight excluding hydrogens is 234 g/mol. The molecule has 1 aliphatic rings. The van der Waals surface area contributed by atoms with Gasteiger partial charge in [0.25, 0.3) is 0 Å². The normalized spacial score (nSPS) is 21.1. The molecule has 0 saturated heterocycles. The minimum atomic E-state index is 0.716. The van der Waals surface area contributed by atoms with Crippen LogP contribution in [0.3, 0.4) is 0 Å². The van der Waals surface area contributed by atoms with Gasteiger partial charge in [0.15, 0.2) is 0 Å². The van der Waals surface area contributed by atoms with Crippen molar-refractivity contribution in [1.29, 1.82) is 0 Å². The number of benzene rings is 1. The van der Waals surface area contributed by atoms with Crippen LogP contribution in [-0.4, -0.2) is 12.1 Å². The first-order chi connectivity index (χ1) is 9.36. The molecule has 98 valence electrons. The van der Waals surface area contributed by atoms with Crippen LogP contribution in [0, 0.1) is 5.92 Å². The Hall–Kier alpha value is -1.83. The van der Waals surface area contributed by atoms with Crippen molar-refractivity contribution in [3.63, 3.8) is 0 Å². The number of aryl methyl sites for hydroxylation is 1. The van der Waals surface area contributed by atoms with E-state index in [0.717, 1.165) is 24.0 Å². The van der Waals surface area contributed by atoms with Crippen LogP contribution in [0.2, 0.25) is 0 Å². The maximum absolute atomic E-state index is 5.16. The fourth-order valence-corrected chi connectivity index (χ4v) is 2.72. The summed E-state index contributed by atoms with van der Waals surface area (Å²) in [4.78, 5) is 4.47. The third kappa shape index (κ3) is 2.95. The number of hydrogen-bond donors (Lipinski definition) is 0. The van der Waals surface area contributed by atoms with Crippen molar-refractivity contribution in [3.05, 3.63) is 59.8 Å². The summed E-state index contributed by atoms with van der Waals surface area (Å²) in [7, 11) is 1.67. The Kier molecular flexibility index (Phi) is 3.49. The molecule has 1 unspecified atom stereocenters. The molecule has 0 aliphatic heterocycles. The van der Waals surface area contributed by atoms with Crippen LogP contribution in [0.15, 0.2) is 48.5 Å². The summed E-state index contributed by atoms with van der Waals surface area (Å²) in [5.41, 5.74) is 2.63. The van der Waals surface area contributed by atoms with Crippen molar-refractivity contribution in [2.75, 3.05) is 7.11 Å². The molecule has 0 N–H and O–H groups in total. The van der Waals surface area contributed by atoms with Crippen molar-refractivity contribution in [3.8, 4) is 5.88 Å². The molecule has 1 saturated carbocycles. The molecule has 2 atom stereocenters. The van der Waals surface area contributed by atoms with E-state index in [-0.39, 0.29) is 0 Å². The lowest BCUT2D eigenvalue weighted by Gasteiger charge is -2.03. The van der Waals surface area contributed by atoms with E-state index in [1.807, 2.05) is 12.1 Å².